The summed E-state index contributed by atoms with van der Waals surface area (Å²) in [5, 5.41) is 8.82. The molecule has 1 N–H and O–H groups in total. The lowest BCUT2D eigenvalue weighted by Crippen LogP contribution is -2.34. The maximum absolute atomic E-state index is 11.6. The van der Waals surface area contributed by atoms with Crippen molar-refractivity contribution in [3.05, 3.63) is 11.3 Å². The highest BCUT2D eigenvalue weighted by atomic mass is 16.5. The normalized spacial score (nSPS) is 16.9. The second-order valence-electron chi connectivity index (χ2n) is 3.34. The van der Waals surface area contributed by atoms with Crippen LogP contribution in [0.15, 0.2) is 11.3 Å². The first kappa shape index (κ1) is 10.6. The highest BCUT2D eigenvalue weighted by Gasteiger charge is 2.36. The van der Waals surface area contributed by atoms with E-state index in [1.807, 2.05) is 13.8 Å². The third-order valence-corrected chi connectivity index (χ3v) is 2.14. The zero-order valence-corrected chi connectivity index (χ0v) is 8.40. The summed E-state index contributed by atoms with van der Waals surface area (Å²) >= 11 is 0. The molecule has 14 heavy (non-hydrogen) atoms. The van der Waals surface area contributed by atoms with E-state index in [2.05, 4.69) is 0 Å². The summed E-state index contributed by atoms with van der Waals surface area (Å²) in [6, 6.07) is -0.0236. The van der Waals surface area contributed by atoms with Gasteiger partial charge < -0.3 is 14.7 Å². The Morgan fingerprint density at radius 1 is 1.57 bits per heavy atom. The Kier molecular flexibility index (Phi) is 2.78. The van der Waals surface area contributed by atoms with Gasteiger partial charge in [0.1, 0.15) is 5.57 Å². The largest absolute Gasteiger partial charge is 0.491 e. The smallest absolute Gasteiger partial charge is 0.337 e. The Balaban J connectivity index is 2.99. The molecular weight excluding hydrogens is 186 g/mol. The van der Waals surface area contributed by atoms with Gasteiger partial charge in [0.15, 0.2) is 5.76 Å². The van der Waals surface area contributed by atoms with Crippen LogP contribution >= 0.6 is 0 Å². The van der Waals surface area contributed by atoms with E-state index >= 15 is 0 Å². The zero-order chi connectivity index (χ0) is 10.9. The number of carboxylic acid groups (broad SMARTS) is 1. The van der Waals surface area contributed by atoms with E-state index < -0.39 is 5.97 Å². The lowest BCUT2D eigenvalue weighted by atomic mass is 10.2. The van der Waals surface area contributed by atoms with Gasteiger partial charge in [-0.15, -0.1) is 0 Å². The van der Waals surface area contributed by atoms with Gasteiger partial charge in [0.2, 0.25) is 0 Å². The van der Waals surface area contributed by atoms with E-state index in [-0.39, 0.29) is 29.8 Å². The second-order valence-corrected chi connectivity index (χ2v) is 3.34. The van der Waals surface area contributed by atoms with Crippen LogP contribution in [-0.2, 0) is 14.3 Å². The number of rotatable bonds is 3. The molecule has 0 spiro atoms. The van der Waals surface area contributed by atoms with Crippen molar-refractivity contribution >= 4 is 11.9 Å². The fraction of sp³-hybridized carbons (Fsp3) is 0.556. The van der Waals surface area contributed by atoms with Gasteiger partial charge in [0.05, 0.1) is 13.7 Å². The van der Waals surface area contributed by atoms with Crippen LogP contribution < -0.4 is 0 Å². The van der Waals surface area contributed by atoms with Crippen molar-refractivity contribution in [3.63, 3.8) is 0 Å². The molecule has 0 aromatic heterocycles. The molecule has 5 nitrogen and oxygen atoms in total. The monoisotopic (exact) mass is 199 g/mol. The summed E-state index contributed by atoms with van der Waals surface area (Å²) in [6.45, 7) is 3.78. The highest BCUT2D eigenvalue weighted by Crippen LogP contribution is 2.21. The number of hydrogen-bond acceptors (Lipinski definition) is 3. The molecule has 0 radical (unpaired) electrons. The van der Waals surface area contributed by atoms with Crippen LogP contribution in [0.2, 0.25) is 0 Å². The number of carboxylic acids is 1. The van der Waals surface area contributed by atoms with Crippen molar-refractivity contribution in [1.29, 1.82) is 0 Å². The molecule has 1 amide bonds. The van der Waals surface area contributed by atoms with E-state index in [1.165, 1.54) is 12.0 Å². The zero-order valence-electron chi connectivity index (χ0n) is 8.40. The molecule has 0 aromatic rings. The van der Waals surface area contributed by atoms with Gasteiger partial charge in [-0.2, -0.15) is 0 Å². The molecule has 0 unspecified atom stereocenters. The van der Waals surface area contributed by atoms with Crippen molar-refractivity contribution in [3.8, 4) is 0 Å². The highest BCUT2D eigenvalue weighted by molar-refractivity contribution is 6.04. The van der Waals surface area contributed by atoms with Gasteiger partial charge in [0, 0.05) is 6.04 Å². The topological polar surface area (TPSA) is 66.8 Å². The van der Waals surface area contributed by atoms with Gasteiger partial charge in [-0.05, 0) is 13.8 Å². The molecule has 5 heteroatoms. The minimum absolute atomic E-state index is 0.0236. The van der Waals surface area contributed by atoms with Crippen molar-refractivity contribution in [1.82, 2.24) is 4.90 Å². The molecule has 0 bridgehead atoms. The van der Waals surface area contributed by atoms with E-state index in [0.29, 0.717) is 0 Å². The number of amides is 1. The summed E-state index contributed by atoms with van der Waals surface area (Å²) in [5.41, 5.74) is 0.0335. The van der Waals surface area contributed by atoms with Crippen LogP contribution in [0.5, 0.6) is 0 Å². The number of methoxy groups -OCH3 is 1. The fourth-order valence-corrected chi connectivity index (χ4v) is 1.37. The van der Waals surface area contributed by atoms with Gasteiger partial charge in [-0.3, -0.25) is 4.79 Å². The average molecular weight is 199 g/mol. The van der Waals surface area contributed by atoms with Gasteiger partial charge in [0.25, 0.3) is 5.91 Å². The maximum Gasteiger partial charge on any atom is 0.337 e. The first-order valence-corrected chi connectivity index (χ1v) is 4.30. The minimum atomic E-state index is -1.10. The molecule has 1 heterocycles. The molecule has 0 saturated carbocycles. The van der Waals surface area contributed by atoms with E-state index in [1.54, 1.807) is 0 Å². The van der Waals surface area contributed by atoms with Crippen molar-refractivity contribution in [2.75, 3.05) is 13.7 Å². The van der Waals surface area contributed by atoms with Crippen molar-refractivity contribution in [2.24, 2.45) is 0 Å². The molecule has 0 atom stereocenters. The Hall–Kier alpha value is -1.52. The SMILES string of the molecule is COC1=C(C(=O)O)CN(C(C)C)C1=O. The first-order valence-electron chi connectivity index (χ1n) is 4.30. The molecule has 1 aliphatic heterocycles. The average Bonchev–Trinajstić information content (AvgIpc) is 2.42. The summed E-state index contributed by atoms with van der Waals surface area (Å²) in [6.07, 6.45) is 0. The van der Waals surface area contributed by atoms with Gasteiger partial charge >= 0.3 is 5.97 Å². The Morgan fingerprint density at radius 3 is 2.43 bits per heavy atom. The summed E-state index contributed by atoms with van der Waals surface area (Å²) in [7, 11) is 1.31. The quantitative estimate of drug-likeness (QED) is 0.706. The molecule has 1 aliphatic rings. The number of nitrogens with zero attached hydrogens (tertiary/aromatic N) is 1. The Labute approximate surface area is 82.0 Å². The van der Waals surface area contributed by atoms with E-state index in [9.17, 15) is 9.59 Å². The van der Waals surface area contributed by atoms with Crippen LogP contribution in [0.3, 0.4) is 0 Å². The molecule has 0 aliphatic carbocycles. The van der Waals surface area contributed by atoms with Crippen LogP contribution in [0.25, 0.3) is 0 Å². The third kappa shape index (κ3) is 1.57. The van der Waals surface area contributed by atoms with Crippen molar-refractivity contribution in [2.45, 2.75) is 19.9 Å². The minimum Gasteiger partial charge on any atom is -0.491 e. The predicted octanol–water partition coefficient (Wildman–Crippen LogP) is 0.222. The van der Waals surface area contributed by atoms with Crippen LogP contribution in [0.4, 0.5) is 0 Å². The number of ether oxygens (including phenoxy) is 1. The number of aliphatic carboxylic acids is 1. The number of hydrogen-bond donors (Lipinski definition) is 1. The molecule has 0 fully saturated rings. The Morgan fingerprint density at radius 2 is 2.14 bits per heavy atom. The van der Waals surface area contributed by atoms with Crippen LogP contribution in [0.1, 0.15) is 13.8 Å². The van der Waals surface area contributed by atoms with Gasteiger partial charge in [-0.25, -0.2) is 4.79 Å². The standard InChI is InChI=1S/C9H13NO4/c1-5(2)10-4-6(9(12)13)7(14-3)8(10)11/h5H,4H2,1-3H3,(H,12,13). The fourth-order valence-electron chi connectivity index (χ4n) is 1.37. The lowest BCUT2D eigenvalue weighted by molar-refractivity contribution is -0.133. The van der Waals surface area contributed by atoms with Gasteiger partial charge in [-0.1, -0.05) is 0 Å². The van der Waals surface area contributed by atoms with E-state index in [4.69, 9.17) is 9.84 Å². The van der Waals surface area contributed by atoms with Crippen LogP contribution in [-0.4, -0.2) is 41.6 Å². The third-order valence-electron chi connectivity index (χ3n) is 2.14. The van der Waals surface area contributed by atoms with Crippen LogP contribution in [0, 0.1) is 0 Å². The number of carbonyl (C=O) groups is 2. The molecule has 1 rings (SSSR count). The molecule has 0 saturated heterocycles. The van der Waals surface area contributed by atoms with E-state index in [0.717, 1.165) is 0 Å². The Bertz CT molecular complexity index is 306. The summed E-state index contributed by atoms with van der Waals surface area (Å²) in [4.78, 5) is 23.8. The molecular formula is C9H13NO4. The molecule has 0 aromatic carbocycles. The summed E-state index contributed by atoms with van der Waals surface area (Å²) in [5.74, 6) is -1.50. The first-order chi connectivity index (χ1) is 6.49. The maximum atomic E-state index is 11.6. The van der Waals surface area contributed by atoms with Crippen molar-refractivity contribution < 1.29 is 19.4 Å². The second kappa shape index (κ2) is 3.69. The number of carbonyl (C=O) groups excluding carboxylic acids is 1. The predicted molar refractivity (Wildman–Crippen MR) is 48.5 cm³/mol. The lowest BCUT2D eigenvalue weighted by Gasteiger charge is -2.20. The summed E-state index contributed by atoms with van der Waals surface area (Å²) < 4.78 is 4.79. The molecule has 78 valence electrons.